The fourth-order valence-corrected chi connectivity index (χ4v) is 7.87. The van der Waals surface area contributed by atoms with Gasteiger partial charge in [-0.25, -0.2) is 15.3 Å². The molecule has 2 aromatic rings. The molecule has 4 aliphatic rings. The zero-order valence-corrected chi connectivity index (χ0v) is 27.2. The van der Waals surface area contributed by atoms with Gasteiger partial charge in [0.25, 0.3) is 17.5 Å². The van der Waals surface area contributed by atoms with Crippen LogP contribution in [0.15, 0.2) is 30.3 Å². The summed E-state index contributed by atoms with van der Waals surface area (Å²) in [6.07, 6.45) is -3.09. The van der Waals surface area contributed by atoms with Gasteiger partial charge in [0, 0.05) is 19.0 Å². The lowest BCUT2D eigenvalue weighted by Crippen LogP contribution is -2.93. The normalized spacial score (nSPS) is 35.0. The number of aliphatic hydroxyl groups excluding tert-OH is 1. The highest BCUT2D eigenvalue weighted by Crippen LogP contribution is 2.53. The minimum absolute atomic E-state index is 0.00563. The Labute approximate surface area is 265 Å². The molecule has 1 spiro atoms. The van der Waals surface area contributed by atoms with Crippen molar-refractivity contribution in [3.63, 3.8) is 0 Å². The van der Waals surface area contributed by atoms with Crippen molar-refractivity contribution < 1.29 is 34.5 Å². The summed E-state index contributed by atoms with van der Waals surface area (Å²) < 4.78 is 8.65. The van der Waals surface area contributed by atoms with E-state index in [0.717, 1.165) is 0 Å². The lowest BCUT2D eigenvalue weighted by molar-refractivity contribution is -0.662. The number of amides is 2. The van der Waals surface area contributed by atoms with Crippen molar-refractivity contribution in [1.82, 2.24) is 31.2 Å². The zero-order valence-electron chi connectivity index (χ0n) is 20.8. The Morgan fingerprint density at radius 2 is 1.41 bits per heavy atom. The lowest BCUT2D eigenvalue weighted by Gasteiger charge is -2.47. The molecule has 1 saturated heterocycles. The maximum Gasteiger partial charge on any atom is 0.345 e. The molecule has 5 heterocycles. The summed E-state index contributed by atoms with van der Waals surface area (Å²) in [5.41, 5.74) is 9.57. The number of aromatic amines is 2. The summed E-state index contributed by atoms with van der Waals surface area (Å²) >= 11 is 13.4. The van der Waals surface area contributed by atoms with Gasteiger partial charge in [0.2, 0.25) is 12.5 Å². The Morgan fingerprint density at radius 3 is 1.95 bits per heavy atom. The number of carbonyl (C=O) groups is 2. The highest BCUT2D eigenvalue weighted by molar-refractivity contribution is 9.13. The highest BCUT2D eigenvalue weighted by Gasteiger charge is 2.80. The average molecular weight is 830 g/mol. The van der Waals surface area contributed by atoms with Gasteiger partial charge in [-0.2, -0.15) is 0 Å². The van der Waals surface area contributed by atoms with Crippen LogP contribution >= 0.6 is 63.7 Å². The zero-order chi connectivity index (χ0) is 29.4. The topological polar surface area (TPSA) is 244 Å². The van der Waals surface area contributed by atoms with Crippen LogP contribution < -0.4 is 42.7 Å². The summed E-state index contributed by atoms with van der Waals surface area (Å²) in [7, 11) is 0. The van der Waals surface area contributed by atoms with Crippen molar-refractivity contribution in [2.45, 2.75) is 29.8 Å². The Balaban J connectivity index is 1.34. The summed E-state index contributed by atoms with van der Waals surface area (Å²) in [6, 6.07) is 3.24. The number of H-pyrrole nitrogens is 2. The SMILES string of the molecule is NC1=[NH+][C@@H]2O[C@@H]3[NH+]=C(N)N[C@]34C([C@H](CNC(=O)c3cc(Br)c(Br)[nH]3)[C@@H](CNC(=O)c3cc(Br)c(Br)[nH]3)[C@@H]4O)[C@]2(O)N1. The van der Waals surface area contributed by atoms with Crippen molar-refractivity contribution in [1.29, 1.82) is 0 Å². The largest absolute Gasteiger partial charge is 0.389 e. The molecular formula is C22H26Br4N10O5+2. The van der Waals surface area contributed by atoms with Crippen molar-refractivity contribution in [3.05, 3.63) is 41.7 Å². The maximum atomic E-state index is 13.1. The van der Waals surface area contributed by atoms with E-state index in [1.807, 2.05) is 0 Å². The number of fused-ring (bicyclic) bond motifs is 2. The van der Waals surface area contributed by atoms with Crippen LogP contribution in [0, 0.1) is 17.8 Å². The molecule has 0 aromatic carbocycles. The van der Waals surface area contributed by atoms with E-state index >= 15 is 0 Å². The second kappa shape index (κ2) is 10.2. The predicted octanol–water partition coefficient (Wildman–Crippen LogP) is -4.12. The quantitative estimate of drug-likeness (QED) is 0.135. The fourth-order valence-electron chi connectivity index (χ4n) is 6.56. The third kappa shape index (κ3) is 4.51. The molecule has 14 N–H and O–H groups in total. The fraction of sp³-hybridized carbons (Fsp3) is 0.455. The van der Waals surface area contributed by atoms with Gasteiger partial charge in [0.1, 0.15) is 17.5 Å². The third-order valence-corrected chi connectivity index (χ3v) is 11.7. The minimum atomic E-state index is -1.82. The molecule has 2 amide bonds. The van der Waals surface area contributed by atoms with Crippen LogP contribution in [0.25, 0.3) is 0 Å². The van der Waals surface area contributed by atoms with Crippen LogP contribution in [-0.4, -0.2) is 86.8 Å². The first kappa shape index (κ1) is 28.9. The van der Waals surface area contributed by atoms with E-state index in [1.165, 1.54) is 0 Å². The van der Waals surface area contributed by atoms with E-state index in [9.17, 15) is 19.8 Å². The van der Waals surface area contributed by atoms with Gasteiger partial charge in [0.05, 0.1) is 24.1 Å². The van der Waals surface area contributed by atoms with E-state index in [4.69, 9.17) is 16.2 Å². The summed E-state index contributed by atoms with van der Waals surface area (Å²) in [5, 5.41) is 35.8. The number of ether oxygens (including phenoxy) is 1. The molecule has 19 heteroatoms. The molecule has 1 aliphatic carbocycles. The lowest BCUT2D eigenvalue weighted by atomic mass is 9.71. The van der Waals surface area contributed by atoms with Gasteiger partial charge in [-0.15, -0.1) is 0 Å². The number of rotatable bonds is 6. The van der Waals surface area contributed by atoms with Crippen molar-refractivity contribution >= 4 is 87.5 Å². The second-order valence-corrected chi connectivity index (χ2v) is 13.7. The molecule has 0 bridgehead atoms. The number of nitrogens with one attached hydrogen (secondary N) is 8. The minimum Gasteiger partial charge on any atom is -0.389 e. The van der Waals surface area contributed by atoms with Gasteiger partial charge in [-0.3, -0.25) is 31.1 Å². The molecule has 15 nitrogen and oxygen atoms in total. The molecule has 2 aromatic heterocycles. The van der Waals surface area contributed by atoms with Gasteiger partial charge in [0.15, 0.2) is 5.54 Å². The van der Waals surface area contributed by atoms with E-state index < -0.39 is 59.4 Å². The van der Waals surface area contributed by atoms with Crippen LogP contribution in [0.2, 0.25) is 0 Å². The number of carbonyl (C=O) groups excluding carboxylic acids is 2. The number of hydrogen-bond donors (Lipinski definition) is 12. The first-order valence-electron chi connectivity index (χ1n) is 12.4. The maximum absolute atomic E-state index is 13.1. The van der Waals surface area contributed by atoms with Gasteiger partial charge < -0.3 is 30.8 Å². The van der Waals surface area contributed by atoms with Gasteiger partial charge >= 0.3 is 11.9 Å². The number of aliphatic hydroxyl groups is 2. The van der Waals surface area contributed by atoms with Crippen LogP contribution in [0.3, 0.4) is 0 Å². The Hall–Kier alpha value is -2.16. The molecular weight excluding hydrogens is 804 g/mol. The molecule has 0 radical (unpaired) electrons. The molecule has 3 aliphatic heterocycles. The predicted molar refractivity (Wildman–Crippen MR) is 156 cm³/mol. The molecule has 41 heavy (non-hydrogen) atoms. The molecule has 2 fully saturated rings. The first-order chi connectivity index (χ1) is 19.3. The number of nitrogens with two attached hydrogens (primary N) is 2. The number of guanidine groups is 2. The second-order valence-electron chi connectivity index (χ2n) is 10.4. The van der Waals surface area contributed by atoms with Crippen LogP contribution in [0.4, 0.5) is 0 Å². The summed E-state index contributed by atoms with van der Waals surface area (Å²) in [4.78, 5) is 37.9. The molecule has 8 atom stereocenters. The molecule has 220 valence electrons. The Kier molecular flexibility index (Phi) is 7.22. The standard InChI is InChI=1S/C22H24Br4N10O5/c23-7-1-9(31-13(7)25)15(38)29-3-5-6(4-30-16(39)10-2-8(24)14(26)32-10)12(37)21-11(5)22(40)18(34-20(28)36-22)41-17(21)33-19(27)35-21/h1-2,5-6,11-12,17-18,31-32,37,40H,3-4H2,(H,29,38)(H,30,39)(H3,27,33,35)(H3,28,34,36)/p+2/t5-,6-,11?,12+,17+,18-,21+,22-/m1/s1. The summed E-state index contributed by atoms with van der Waals surface area (Å²) in [6.45, 7) is 0.00986. The molecule has 1 unspecified atom stereocenters. The van der Waals surface area contributed by atoms with Crippen molar-refractivity contribution in [2.75, 3.05) is 13.1 Å². The Morgan fingerprint density at radius 1 is 0.902 bits per heavy atom. The smallest absolute Gasteiger partial charge is 0.345 e. The van der Waals surface area contributed by atoms with Crippen LogP contribution in [-0.2, 0) is 4.74 Å². The summed E-state index contributed by atoms with van der Waals surface area (Å²) in [5.74, 6) is -2.74. The van der Waals surface area contributed by atoms with Crippen molar-refractivity contribution in [3.8, 4) is 0 Å². The van der Waals surface area contributed by atoms with E-state index in [2.05, 4.69) is 105 Å². The molecule has 1 saturated carbocycles. The van der Waals surface area contributed by atoms with Crippen molar-refractivity contribution in [2.24, 2.45) is 29.2 Å². The van der Waals surface area contributed by atoms with E-state index in [-0.39, 0.29) is 25.0 Å². The third-order valence-electron chi connectivity index (χ3n) is 8.16. The number of aromatic nitrogens is 2. The van der Waals surface area contributed by atoms with E-state index in [0.29, 0.717) is 29.5 Å². The van der Waals surface area contributed by atoms with E-state index in [1.54, 1.807) is 12.1 Å². The average Bonchev–Trinajstić information content (AvgIpc) is 3.66. The highest BCUT2D eigenvalue weighted by atomic mass is 79.9. The number of halogens is 4. The number of hydrogen-bond acceptors (Lipinski definition) is 9. The van der Waals surface area contributed by atoms with Crippen LogP contribution in [0.5, 0.6) is 0 Å². The first-order valence-corrected chi connectivity index (χ1v) is 15.6. The van der Waals surface area contributed by atoms with Gasteiger partial charge in [-0.05, 0) is 81.8 Å². The monoisotopic (exact) mass is 826 g/mol. The molecule has 6 rings (SSSR count). The van der Waals surface area contributed by atoms with Crippen LogP contribution in [0.1, 0.15) is 21.0 Å². The van der Waals surface area contributed by atoms with Gasteiger partial charge in [-0.1, -0.05) is 0 Å². The Bertz CT molecular complexity index is 1460.